The van der Waals surface area contributed by atoms with Crippen LogP contribution in [0, 0.1) is 0 Å². The van der Waals surface area contributed by atoms with E-state index in [-0.39, 0.29) is 34.5 Å². The number of nitrogens with one attached hydrogen (secondary N) is 1. The van der Waals surface area contributed by atoms with Crippen LogP contribution < -0.4 is 16.0 Å². The van der Waals surface area contributed by atoms with Crippen molar-refractivity contribution < 1.29 is 9.53 Å². The zero-order chi connectivity index (χ0) is 22.3. The molecular formula is C23H26N4O4. The number of benzene rings is 1. The van der Waals surface area contributed by atoms with E-state index in [9.17, 15) is 14.4 Å². The SMILES string of the molecule is COc1cccc([C@H]2CCCN2C(=O)c2cc(C(C)C)nc3c2c(=O)[nH]c(=O)n3C)c1. The fourth-order valence-corrected chi connectivity index (χ4v) is 4.18. The van der Waals surface area contributed by atoms with Crippen LogP contribution in [0.3, 0.4) is 0 Å². The number of carbonyl (C=O) groups excluding carboxylic acids is 1. The van der Waals surface area contributed by atoms with Crippen LogP contribution in [-0.4, -0.2) is 39.0 Å². The van der Waals surface area contributed by atoms with E-state index in [0.717, 1.165) is 24.2 Å². The number of amides is 1. The van der Waals surface area contributed by atoms with Gasteiger partial charge in [0.2, 0.25) is 0 Å². The van der Waals surface area contributed by atoms with Gasteiger partial charge in [0.05, 0.1) is 24.1 Å². The van der Waals surface area contributed by atoms with Gasteiger partial charge in [0.1, 0.15) is 11.4 Å². The Balaban J connectivity index is 1.87. The topological polar surface area (TPSA) is 97.3 Å². The summed E-state index contributed by atoms with van der Waals surface area (Å²) in [6.07, 6.45) is 1.69. The summed E-state index contributed by atoms with van der Waals surface area (Å²) in [4.78, 5) is 47.2. The number of methoxy groups -OCH3 is 1. The van der Waals surface area contributed by atoms with Crippen LogP contribution in [0.1, 0.15) is 60.3 Å². The van der Waals surface area contributed by atoms with E-state index < -0.39 is 11.2 Å². The van der Waals surface area contributed by atoms with Crippen LogP contribution in [0.15, 0.2) is 39.9 Å². The fraction of sp³-hybridized carbons (Fsp3) is 0.391. The average molecular weight is 422 g/mol. The molecule has 0 aliphatic carbocycles. The van der Waals surface area contributed by atoms with Gasteiger partial charge in [-0.25, -0.2) is 9.78 Å². The Morgan fingerprint density at radius 1 is 1.26 bits per heavy atom. The van der Waals surface area contributed by atoms with Crippen molar-refractivity contribution in [3.05, 3.63) is 68.0 Å². The van der Waals surface area contributed by atoms with Crippen molar-refractivity contribution in [1.29, 1.82) is 0 Å². The quantitative estimate of drug-likeness (QED) is 0.697. The lowest BCUT2D eigenvalue weighted by atomic mass is 10.0. The minimum absolute atomic E-state index is 0.0260. The molecule has 31 heavy (non-hydrogen) atoms. The highest BCUT2D eigenvalue weighted by Crippen LogP contribution is 2.35. The van der Waals surface area contributed by atoms with E-state index in [1.54, 1.807) is 25.1 Å². The molecule has 3 heterocycles. The van der Waals surface area contributed by atoms with Crippen LogP contribution in [0.5, 0.6) is 5.75 Å². The van der Waals surface area contributed by atoms with Crippen molar-refractivity contribution in [3.63, 3.8) is 0 Å². The zero-order valence-electron chi connectivity index (χ0n) is 18.1. The molecule has 0 spiro atoms. The van der Waals surface area contributed by atoms with Crippen LogP contribution >= 0.6 is 0 Å². The highest BCUT2D eigenvalue weighted by atomic mass is 16.5. The molecule has 3 aromatic rings. The summed E-state index contributed by atoms with van der Waals surface area (Å²) in [7, 11) is 3.16. The smallest absolute Gasteiger partial charge is 0.329 e. The fourth-order valence-electron chi connectivity index (χ4n) is 4.18. The third-order valence-corrected chi connectivity index (χ3v) is 5.90. The standard InChI is InChI=1S/C23H26N4O4/c1-13(2)17-12-16(19-20(24-17)26(3)23(30)25-21(19)28)22(29)27-10-6-9-18(27)14-7-5-8-15(11-14)31-4/h5,7-8,11-13,18H,6,9-10H2,1-4H3,(H,25,28,30)/t18-/m1/s1. The first-order valence-corrected chi connectivity index (χ1v) is 10.4. The summed E-state index contributed by atoms with van der Waals surface area (Å²) in [5.41, 5.74) is 1.00. The minimum Gasteiger partial charge on any atom is -0.497 e. The number of fused-ring (bicyclic) bond motifs is 1. The minimum atomic E-state index is -0.596. The molecule has 1 saturated heterocycles. The molecule has 0 saturated carbocycles. The van der Waals surface area contributed by atoms with Gasteiger partial charge in [-0.1, -0.05) is 26.0 Å². The number of aryl methyl sites for hydroxylation is 1. The zero-order valence-corrected chi connectivity index (χ0v) is 18.1. The molecule has 0 radical (unpaired) electrons. The van der Waals surface area contributed by atoms with E-state index in [4.69, 9.17) is 4.74 Å². The van der Waals surface area contributed by atoms with Gasteiger partial charge in [-0.3, -0.25) is 19.1 Å². The molecule has 8 heteroatoms. The second kappa shape index (κ2) is 8.02. The maximum atomic E-state index is 13.7. The molecule has 1 aliphatic heterocycles. The Bertz CT molecular complexity index is 1270. The molecule has 1 amide bonds. The van der Waals surface area contributed by atoms with E-state index in [1.165, 1.54) is 4.57 Å². The third-order valence-electron chi connectivity index (χ3n) is 5.90. The van der Waals surface area contributed by atoms with Gasteiger partial charge in [-0.05, 0) is 42.5 Å². The lowest BCUT2D eigenvalue weighted by Gasteiger charge is -2.26. The maximum Gasteiger partial charge on any atom is 0.329 e. The summed E-state index contributed by atoms with van der Waals surface area (Å²) >= 11 is 0. The molecule has 0 unspecified atom stereocenters. The predicted octanol–water partition coefficient (Wildman–Crippen LogP) is 2.73. The lowest BCUT2D eigenvalue weighted by molar-refractivity contribution is 0.0737. The summed E-state index contributed by atoms with van der Waals surface area (Å²) in [6, 6.07) is 9.29. The van der Waals surface area contributed by atoms with E-state index >= 15 is 0 Å². The van der Waals surface area contributed by atoms with Crippen LogP contribution in [0.4, 0.5) is 0 Å². The maximum absolute atomic E-state index is 13.7. The largest absolute Gasteiger partial charge is 0.497 e. The number of aromatic nitrogens is 3. The van der Waals surface area contributed by atoms with Crippen molar-refractivity contribution in [2.75, 3.05) is 13.7 Å². The molecule has 162 valence electrons. The first-order chi connectivity index (χ1) is 14.8. The molecule has 2 aromatic heterocycles. The number of hydrogen-bond acceptors (Lipinski definition) is 5. The van der Waals surface area contributed by atoms with Gasteiger partial charge in [-0.2, -0.15) is 0 Å². The summed E-state index contributed by atoms with van der Waals surface area (Å²) < 4.78 is 6.63. The molecule has 1 aromatic carbocycles. The molecule has 4 rings (SSSR count). The number of nitrogens with zero attached hydrogens (tertiary/aromatic N) is 3. The molecule has 8 nitrogen and oxygen atoms in total. The van der Waals surface area contributed by atoms with Gasteiger partial charge in [0.25, 0.3) is 11.5 Å². The number of H-pyrrole nitrogens is 1. The van der Waals surface area contributed by atoms with Crippen LogP contribution in [-0.2, 0) is 7.05 Å². The number of likely N-dealkylation sites (tertiary alicyclic amines) is 1. The van der Waals surface area contributed by atoms with Crippen molar-refractivity contribution in [2.24, 2.45) is 7.05 Å². The van der Waals surface area contributed by atoms with E-state index in [0.29, 0.717) is 12.2 Å². The first-order valence-electron chi connectivity index (χ1n) is 10.4. The molecule has 1 aliphatic rings. The van der Waals surface area contributed by atoms with Crippen molar-refractivity contribution in [2.45, 2.75) is 38.6 Å². The van der Waals surface area contributed by atoms with Gasteiger partial charge in [0.15, 0.2) is 0 Å². The van der Waals surface area contributed by atoms with Gasteiger partial charge < -0.3 is 9.64 Å². The Kier molecular flexibility index (Phi) is 5.39. The first kappa shape index (κ1) is 20.8. The number of ether oxygens (including phenoxy) is 1. The highest BCUT2D eigenvalue weighted by Gasteiger charge is 2.33. The number of carbonyl (C=O) groups is 1. The van der Waals surface area contributed by atoms with Gasteiger partial charge in [-0.15, -0.1) is 0 Å². The van der Waals surface area contributed by atoms with Gasteiger partial charge >= 0.3 is 5.69 Å². The molecule has 1 fully saturated rings. The second-order valence-corrected chi connectivity index (χ2v) is 8.20. The van der Waals surface area contributed by atoms with Crippen molar-refractivity contribution >= 4 is 16.9 Å². The van der Waals surface area contributed by atoms with Crippen molar-refractivity contribution in [1.82, 2.24) is 19.4 Å². The Morgan fingerprint density at radius 3 is 2.74 bits per heavy atom. The number of pyridine rings is 1. The highest BCUT2D eigenvalue weighted by molar-refractivity contribution is 6.05. The molecule has 1 atom stereocenters. The van der Waals surface area contributed by atoms with E-state index in [1.807, 2.05) is 38.1 Å². The molecule has 0 bridgehead atoms. The normalized spacial score (nSPS) is 16.3. The van der Waals surface area contributed by atoms with Gasteiger partial charge in [0, 0.05) is 19.3 Å². The average Bonchev–Trinajstić information content (AvgIpc) is 3.26. The molecular weight excluding hydrogens is 396 g/mol. The second-order valence-electron chi connectivity index (χ2n) is 8.20. The number of rotatable bonds is 4. The third kappa shape index (κ3) is 3.62. The molecule has 1 N–H and O–H groups in total. The lowest BCUT2D eigenvalue weighted by Crippen LogP contribution is -2.34. The van der Waals surface area contributed by atoms with E-state index in [2.05, 4.69) is 9.97 Å². The van der Waals surface area contributed by atoms with Crippen LogP contribution in [0.2, 0.25) is 0 Å². The summed E-state index contributed by atoms with van der Waals surface area (Å²) in [5, 5.41) is 0.146. The predicted molar refractivity (Wildman–Crippen MR) is 118 cm³/mol. The monoisotopic (exact) mass is 422 g/mol. The summed E-state index contributed by atoms with van der Waals surface area (Å²) in [5.74, 6) is 0.529. The summed E-state index contributed by atoms with van der Waals surface area (Å²) in [6.45, 7) is 4.51. The number of aromatic amines is 1. The number of hydrogen-bond donors (Lipinski definition) is 1. The van der Waals surface area contributed by atoms with Crippen molar-refractivity contribution in [3.8, 4) is 5.75 Å². The van der Waals surface area contributed by atoms with Crippen LogP contribution in [0.25, 0.3) is 11.0 Å². The Morgan fingerprint density at radius 2 is 2.03 bits per heavy atom. The Labute approximate surface area is 179 Å². The Hall–Kier alpha value is -3.42.